The van der Waals surface area contributed by atoms with Gasteiger partial charge < -0.3 is 10.4 Å². The molecule has 2 aromatic rings. The molecule has 132 valence electrons. The monoisotopic (exact) mass is 347 g/mol. The third-order valence-corrected chi connectivity index (χ3v) is 3.88. The lowest BCUT2D eigenvalue weighted by Gasteiger charge is -2.20. The molecule has 2 atom stereocenters. The van der Waals surface area contributed by atoms with E-state index in [9.17, 15) is 23.9 Å². The fraction of sp³-hybridized carbons (Fsp3) is 0.294. The van der Waals surface area contributed by atoms with E-state index in [4.69, 9.17) is 0 Å². The number of hydrogen-bond donors (Lipinski definition) is 2. The maximum atomic E-state index is 13.9. The smallest absolute Gasteiger partial charge is 0.326 e. The third kappa shape index (κ3) is 4.09. The van der Waals surface area contributed by atoms with Crippen LogP contribution in [0.5, 0.6) is 0 Å². The van der Waals surface area contributed by atoms with Gasteiger partial charge in [-0.1, -0.05) is 32.4 Å². The molecule has 0 saturated heterocycles. The molecule has 0 aliphatic heterocycles. The van der Waals surface area contributed by atoms with Crippen LogP contribution < -0.4 is 10.9 Å². The number of para-hydroxylation sites is 1. The molecule has 2 rings (SSSR count). The van der Waals surface area contributed by atoms with E-state index < -0.39 is 29.3 Å². The van der Waals surface area contributed by atoms with Gasteiger partial charge >= 0.3 is 5.97 Å². The summed E-state index contributed by atoms with van der Waals surface area (Å²) in [5.74, 6) is -2.88. The zero-order valence-electron chi connectivity index (χ0n) is 13.8. The average Bonchev–Trinajstić information content (AvgIpc) is 2.59. The molecule has 0 aliphatic rings. The summed E-state index contributed by atoms with van der Waals surface area (Å²) in [6, 6.07) is 6.67. The number of hydrogen-bond acceptors (Lipinski definition) is 4. The SMILES string of the molecule is CCC(C)C(NC(=O)c1ccc(=O)n(-c2ccccc2F)n1)C(=O)O. The Bertz CT molecular complexity index is 850. The van der Waals surface area contributed by atoms with Gasteiger partial charge in [-0.25, -0.2) is 9.18 Å². The minimum Gasteiger partial charge on any atom is -0.480 e. The molecule has 2 N–H and O–H groups in total. The van der Waals surface area contributed by atoms with Gasteiger partial charge in [-0.05, 0) is 24.1 Å². The van der Waals surface area contributed by atoms with Crippen LogP contribution >= 0.6 is 0 Å². The van der Waals surface area contributed by atoms with Gasteiger partial charge in [0.15, 0.2) is 0 Å². The second-order valence-corrected chi connectivity index (χ2v) is 5.59. The van der Waals surface area contributed by atoms with Gasteiger partial charge in [-0.3, -0.25) is 9.59 Å². The Morgan fingerprint density at radius 1 is 1.28 bits per heavy atom. The van der Waals surface area contributed by atoms with Crippen molar-refractivity contribution in [3.05, 3.63) is 58.3 Å². The highest BCUT2D eigenvalue weighted by Crippen LogP contribution is 2.11. The molecular weight excluding hydrogens is 329 g/mol. The van der Waals surface area contributed by atoms with Crippen LogP contribution in [0.25, 0.3) is 5.69 Å². The Morgan fingerprint density at radius 3 is 2.56 bits per heavy atom. The van der Waals surface area contributed by atoms with Crippen LogP contribution in [0.1, 0.15) is 30.8 Å². The number of halogens is 1. The van der Waals surface area contributed by atoms with E-state index in [1.807, 2.05) is 6.92 Å². The van der Waals surface area contributed by atoms with Crippen molar-refractivity contribution < 1.29 is 19.1 Å². The van der Waals surface area contributed by atoms with Crippen LogP contribution in [0, 0.1) is 11.7 Å². The molecule has 1 heterocycles. The number of carbonyl (C=O) groups excluding carboxylic acids is 1. The number of nitrogens with zero attached hydrogens (tertiary/aromatic N) is 2. The normalized spacial score (nSPS) is 13.1. The first-order valence-electron chi connectivity index (χ1n) is 7.74. The maximum Gasteiger partial charge on any atom is 0.326 e. The zero-order chi connectivity index (χ0) is 18.6. The molecule has 0 spiro atoms. The van der Waals surface area contributed by atoms with E-state index in [0.29, 0.717) is 6.42 Å². The number of amides is 1. The van der Waals surface area contributed by atoms with Gasteiger partial charge in [0, 0.05) is 6.07 Å². The van der Waals surface area contributed by atoms with Crippen LogP contribution in [-0.4, -0.2) is 32.8 Å². The summed E-state index contributed by atoms with van der Waals surface area (Å²) in [6.45, 7) is 3.51. The highest BCUT2D eigenvalue weighted by atomic mass is 19.1. The second kappa shape index (κ2) is 7.69. The molecule has 0 fully saturated rings. The Labute approximate surface area is 143 Å². The fourth-order valence-electron chi connectivity index (χ4n) is 2.23. The lowest BCUT2D eigenvalue weighted by atomic mass is 9.99. The Balaban J connectivity index is 2.36. The standard InChI is InChI=1S/C17H18FN3O4/c1-3-10(2)15(17(24)25)19-16(23)12-8-9-14(22)21(20-12)13-7-5-4-6-11(13)18/h4-10,15H,3H2,1-2H3,(H,19,23)(H,24,25). The molecule has 0 aliphatic carbocycles. The molecule has 8 heteroatoms. The molecule has 0 bridgehead atoms. The summed E-state index contributed by atoms with van der Waals surface area (Å²) in [4.78, 5) is 35.6. The van der Waals surface area contributed by atoms with E-state index in [1.54, 1.807) is 6.92 Å². The average molecular weight is 347 g/mol. The van der Waals surface area contributed by atoms with Crippen molar-refractivity contribution in [1.82, 2.24) is 15.1 Å². The van der Waals surface area contributed by atoms with Crippen molar-refractivity contribution >= 4 is 11.9 Å². The topological polar surface area (TPSA) is 101 Å². The summed E-state index contributed by atoms with van der Waals surface area (Å²) in [5, 5.41) is 15.5. The van der Waals surface area contributed by atoms with E-state index in [1.165, 1.54) is 30.3 Å². The third-order valence-electron chi connectivity index (χ3n) is 3.88. The van der Waals surface area contributed by atoms with E-state index in [2.05, 4.69) is 10.4 Å². The summed E-state index contributed by atoms with van der Waals surface area (Å²) >= 11 is 0. The number of rotatable bonds is 6. The molecular formula is C17H18FN3O4. The second-order valence-electron chi connectivity index (χ2n) is 5.59. The van der Waals surface area contributed by atoms with Crippen molar-refractivity contribution in [3.63, 3.8) is 0 Å². The van der Waals surface area contributed by atoms with E-state index in [-0.39, 0.29) is 17.3 Å². The number of carboxylic acid groups (broad SMARTS) is 1. The highest BCUT2D eigenvalue weighted by Gasteiger charge is 2.26. The van der Waals surface area contributed by atoms with E-state index >= 15 is 0 Å². The molecule has 0 radical (unpaired) electrons. The predicted molar refractivity (Wildman–Crippen MR) is 88.1 cm³/mol. The quantitative estimate of drug-likeness (QED) is 0.826. The lowest BCUT2D eigenvalue weighted by Crippen LogP contribution is -2.45. The van der Waals surface area contributed by atoms with Gasteiger partial charge in [0.2, 0.25) is 0 Å². The Morgan fingerprint density at radius 2 is 1.96 bits per heavy atom. The van der Waals surface area contributed by atoms with Gasteiger partial charge in [0.05, 0.1) is 0 Å². The first-order valence-corrected chi connectivity index (χ1v) is 7.74. The molecule has 2 unspecified atom stereocenters. The van der Waals surface area contributed by atoms with Crippen molar-refractivity contribution in [1.29, 1.82) is 0 Å². The van der Waals surface area contributed by atoms with Crippen LogP contribution in [0.4, 0.5) is 4.39 Å². The number of carboxylic acids is 1. The Kier molecular flexibility index (Phi) is 5.63. The molecule has 1 aromatic heterocycles. The maximum absolute atomic E-state index is 13.9. The molecule has 7 nitrogen and oxygen atoms in total. The van der Waals surface area contributed by atoms with Gasteiger partial charge in [-0.15, -0.1) is 0 Å². The van der Waals surface area contributed by atoms with Gasteiger partial charge in [-0.2, -0.15) is 9.78 Å². The van der Waals surface area contributed by atoms with Crippen LogP contribution in [-0.2, 0) is 4.79 Å². The van der Waals surface area contributed by atoms with E-state index in [0.717, 1.165) is 10.7 Å². The first-order chi connectivity index (χ1) is 11.8. The van der Waals surface area contributed by atoms with Crippen molar-refractivity contribution in [2.75, 3.05) is 0 Å². The largest absolute Gasteiger partial charge is 0.480 e. The molecule has 1 amide bonds. The number of aromatic nitrogens is 2. The van der Waals surface area contributed by atoms with Crippen LogP contribution in [0.15, 0.2) is 41.2 Å². The van der Waals surface area contributed by atoms with Gasteiger partial charge in [0.25, 0.3) is 11.5 Å². The molecule has 0 saturated carbocycles. The number of benzene rings is 1. The highest BCUT2D eigenvalue weighted by molar-refractivity contribution is 5.94. The fourth-order valence-corrected chi connectivity index (χ4v) is 2.23. The number of aliphatic carboxylic acids is 1. The number of nitrogens with one attached hydrogen (secondary N) is 1. The van der Waals surface area contributed by atoms with Crippen LogP contribution in [0.3, 0.4) is 0 Å². The minimum atomic E-state index is -1.16. The van der Waals surface area contributed by atoms with Crippen molar-refractivity contribution in [2.45, 2.75) is 26.3 Å². The lowest BCUT2D eigenvalue weighted by molar-refractivity contribution is -0.140. The minimum absolute atomic E-state index is 0.0983. The Hall–Kier alpha value is -3.03. The number of carbonyl (C=O) groups is 2. The molecule has 1 aromatic carbocycles. The summed E-state index contributed by atoms with van der Waals surface area (Å²) in [7, 11) is 0. The molecule has 25 heavy (non-hydrogen) atoms. The van der Waals surface area contributed by atoms with Crippen molar-refractivity contribution in [2.24, 2.45) is 5.92 Å². The first kappa shape index (κ1) is 18.3. The summed E-state index contributed by atoms with van der Waals surface area (Å²) in [5.41, 5.74) is -0.894. The summed E-state index contributed by atoms with van der Waals surface area (Å²) in [6.07, 6.45) is 0.555. The summed E-state index contributed by atoms with van der Waals surface area (Å²) < 4.78 is 14.6. The van der Waals surface area contributed by atoms with Gasteiger partial charge in [0.1, 0.15) is 23.2 Å². The predicted octanol–water partition coefficient (Wildman–Crippen LogP) is 1.60. The zero-order valence-corrected chi connectivity index (χ0v) is 13.8. The van der Waals surface area contributed by atoms with Crippen molar-refractivity contribution in [3.8, 4) is 5.69 Å². The van der Waals surface area contributed by atoms with Crippen LogP contribution in [0.2, 0.25) is 0 Å².